The molecule has 0 bridgehead atoms. The van der Waals surface area contributed by atoms with Crippen LogP contribution in [0.5, 0.6) is 0 Å². The summed E-state index contributed by atoms with van der Waals surface area (Å²) >= 11 is 0. The third kappa shape index (κ3) is 3.53. The van der Waals surface area contributed by atoms with E-state index >= 15 is 0 Å². The van der Waals surface area contributed by atoms with Crippen molar-refractivity contribution < 1.29 is 9.84 Å². The summed E-state index contributed by atoms with van der Waals surface area (Å²) in [6.07, 6.45) is -0.537. The fraction of sp³-hybridized carbons (Fsp3) is 0.500. The highest BCUT2D eigenvalue weighted by atomic mass is 16.5. The van der Waals surface area contributed by atoms with Crippen molar-refractivity contribution in [2.75, 3.05) is 32.2 Å². The Kier molecular flexibility index (Phi) is 4.59. The maximum absolute atomic E-state index is 9.81. The van der Waals surface area contributed by atoms with Gasteiger partial charge in [0.2, 0.25) is 0 Å². The minimum absolute atomic E-state index is 0.355. The van der Waals surface area contributed by atoms with Gasteiger partial charge >= 0.3 is 0 Å². The van der Waals surface area contributed by atoms with E-state index in [0.29, 0.717) is 13.2 Å². The van der Waals surface area contributed by atoms with Crippen LogP contribution in [-0.2, 0) is 4.74 Å². The molecule has 0 amide bonds. The Morgan fingerprint density at radius 3 is 2.73 bits per heavy atom. The Morgan fingerprint density at radius 2 is 2.13 bits per heavy atom. The maximum atomic E-state index is 9.81. The second-order valence-corrected chi connectivity index (χ2v) is 3.66. The van der Waals surface area contributed by atoms with E-state index in [-0.39, 0.29) is 0 Å². The molecule has 0 saturated heterocycles. The number of hydrogen-bond acceptors (Lipinski definition) is 3. The lowest BCUT2D eigenvalue weighted by molar-refractivity contribution is 0.0420. The SMILES string of the molecule is CCOCC(O)c1cccc(N(C)C)c1. The normalized spacial score (nSPS) is 12.5. The molecule has 0 spiro atoms. The van der Waals surface area contributed by atoms with Crippen LogP contribution < -0.4 is 4.90 Å². The van der Waals surface area contributed by atoms with Crippen molar-refractivity contribution in [3.63, 3.8) is 0 Å². The molecule has 15 heavy (non-hydrogen) atoms. The van der Waals surface area contributed by atoms with Gasteiger partial charge in [-0.1, -0.05) is 12.1 Å². The molecule has 1 N–H and O–H groups in total. The number of aliphatic hydroxyl groups is 1. The standard InChI is InChI=1S/C12H19NO2/c1-4-15-9-12(14)10-6-5-7-11(8-10)13(2)3/h5-8,12,14H,4,9H2,1-3H3. The predicted octanol–water partition coefficient (Wildman–Crippen LogP) is 1.82. The third-order valence-electron chi connectivity index (χ3n) is 2.25. The molecular weight excluding hydrogens is 190 g/mol. The maximum Gasteiger partial charge on any atom is 0.102 e. The van der Waals surface area contributed by atoms with Crippen molar-refractivity contribution in [2.45, 2.75) is 13.0 Å². The average Bonchev–Trinajstić information content (AvgIpc) is 2.26. The van der Waals surface area contributed by atoms with Gasteiger partial charge in [-0.25, -0.2) is 0 Å². The van der Waals surface area contributed by atoms with E-state index < -0.39 is 6.10 Å². The highest BCUT2D eigenvalue weighted by molar-refractivity contribution is 5.47. The molecular formula is C12H19NO2. The third-order valence-corrected chi connectivity index (χ3v) is 2.25. The molecule has 0 fully saturated rings. The number of benzene rings is 1. The summed E-state index contributed by atoms with van der Waals surface area (Å²) in [5, 5.41) is 9.81. The Bertz CT molecular complexity index is 299. The first-order chi connectivity index (χ1) is 7.15. The Balaban J connectivity index is 2.71. The highest BCUT2D eigenvalue weighted by Gasteiger charge is 2.08. The van der Waals surface area contributed by atoms with Gasteiger partial charge in [-0.2, -0.15) is 0 Å². The summed E-state index contributed by atoms with van der Waals surface area (Å²) < 4.78 is 5.19. The molecule has 1 rings (SSSR count). The van der Waals surface area contributed by atoms with Gasteiger partial charge in [0.15, 0.2) is 0 Å². The number of hydrogen-bond donors (Lipinski definition) is 1. The topological polar surface area (TPSA) is 32.7 Å². The smallest absolute Gasteiger partial charge is 0.102 e. The van der Waals surface area contributed by atoms with Gasteiger partial charge in [-0.15, -0.1) is 0 Å². The molecule has 0 aliphatic heterocycles. The summed E-state index contributed by atoms with van der Waals surface area (Å²) in [7, 11) is 3.96. The predicted molar refractivity (Wildman–Crippen MR) is 62.2 cm³/mol. The molecule has 0 saturated carbocycles. The lowest BCUT2D eigenvalue weighted by atomic mass is 10.1. The van der Waals surface area contributed by atoms with E-state index in [9.17, 15) is 5.11 Å². The van der Waals surface area contributed by atoms with E-state index in [0.717, 1.165) is 11.3 Å². The average molecular weight is 209 g/mol. The van der Waals surface area contributed by atoms with Crippen molar-refractivity contribution in [2.24, 2.45) is 0 Å². The van der Waals surface area contributed by atoms with Gasteiger partial charge in [0.05, 0.1) is 6.61 Å². The van der Waals surface area contributed by atoms with Gasteiger partial charge in [-0.3, -0.25) is 0 Å². The van der Waals surface area contributed by atoms with Crippen LogP contribution in [0.3, 0.4) is 0 Å². The van der Waals surface area contributed by atoms with Gasteiger partial charge < -0.3 is 14.7 Å². The first-order valence-corrected chi connectivity index (χ1v) is 5.18. The van der Waals surface area contributed by atoms with E-state index in [1.165, 1.54) is 0 Å². The zero-order valence-corrected chi connectivity index (χ0v) is 9.60. The highest BCUT2D eigenvalue weighted by Crippen LogP contribution is 2.19. The second kappa shape index (κ2) is 5.73. The largest absolute Gasteiger partial charge is 0.386 e. The van der Waals surface area contributed by atoms with Crippen LogP contribution in [0.1, 0.15) is 18.6 Å². The van der Waals surface area contributed by atoms with Crippen molar-refractivity contribution in [3.05, 3.63) is 29.8 Å². The zero-order chi connectivity index (χ0) is 11.3. The fourth-order valence-electron chi connectivity index (χ4n) is 1.34. The molecule has 3 heteroatoms. The minimum atomic E-state index is -0.537. The molecule has 0 radical (unpaired) electrons. The first kappa shape index (κ1) is 12.0. The second-order valence-electron chi connectivity index (χ2n) is 3.66. The van der Waals surface area contributed by atoms with E-state index in [1.807, 2.05) is 50.2 Å². The molecule has 1 atom stereocenters. The fourth-order valence-corrected chi connectivity index (χ4v) is 1.34. The molecule has 3 nitrogen and oxygen atoms in total. The van der Waals surface area contributed by atoms with Crippen molar-refractivity contribution in [3.8, 4) is 0 Å². The lowest BCUT2D eigenvalue weighted by Crippen LogP contribution is -2.11. The number of anilines is 1. The lowest BCUT2D eigenvalue weighted by Gasteiger charge is -2.16. The van der Waals surface area contributed by atoms with Gasteiger partial charge in [0.1, 0.15) is 6.10 Å². The van der Waals surface area contributed by atoms with Crippen molar-refractivity contribution >= 4 is 5.69 Å². The van der Waals surface area contributed by atoms with Gasteiger partial charge in [0.25, 0.3) is 0 Å². The van der Waals surface area contributed by atoms with Crippen LogP contribution in [0.2, 0.25) is 0 Å². The Hall–Kier alpha value is -1.06. The molecule has 1 aromatic rings. The van der Waals surface area contributed by atoms with Crippen LogP contribution in [0.4, 0.5) is 5.69 Å². The van der Waals surface area contributed by atoms with Crippen LogP contribution in [0, 0.1) is 0 Å². The molecule has 0 aliphatic rings. The molecule has 1 aromatic carbocycles. The number of rotatable bonds is 5. The van der Waals surface area contributed by atoms with Crippen LogP contribution in [-0.4, -0.2) is 32.4 Å². The summed E-state index contributed by atoms with van der Waals surface area (Å²) in [4.78, 5) is 2.01. The Labute approximate surface area is 91.3 Å². The summed E-state index contributed by atoms with van der Waals surface area (Å²) in [6.45, 7) is 2.90. The van der Waals surface area contributed by atoms with Crippen LogP contribution >= 0.6 is 0 Å². The van der Waals surface area contributed by atoms with E-state index in [2.05, 4.69) is 0 Å². The van der Waals surface area contributed by atoms with Crippen LogP contribution in [0.25, 0.3) is 0 Å². The molecule has 84 valence electrons. The monoisotopic (exact) mass is 209 g/mol. The summed E-state index contributed by atoms with van der Waals surface area (Å²) in [5.41, 5.74) is 1.98. The molecule has 0 aromatic heterocycles. The van der Waals surface area contributed by atoms with Gasteiger partial charge in [0, 0.05) is 26.4 Å². The van der Waals surface area contributed by atoms with Crippen molar-refractivity contribution in [1.82, 2.24) is 0 Å². The number of aliphatic hydroxyl groups excluding tert-OH is 1. The van der Waals surface area contributed by atoms with Gasteiger partial charge in [-0.05, 0) is 24.6 Å². The van der Waals surface area contributed by atoms with Crippen molar-refractivity contribution in [1.29, 1.82) is 0 Å². The quantitative estimate of drug-likeness (QED) is 0.803. The summed E-state index contributed by atoms with van der Waals surface area (Å²) in [6, 6.07) is 7.84. The van der Waals surface area contributed by atoms with Crippen LogP contribution in [0.15, 0.2) is 24.3 Å². The first-order valence-electron chi connectivity index (χ1n) is 5.18. The Morgan fingerprint density at radius 1 is 1.40 bits per heavy atom. The molecule has 1 unspecified atom stereocenters. The number of ether oxygens (including phenoxy) is 1. The summed E-state index contributed by atoms with van der Waals surface area (Å²) in [5.74, 6) is 0. The van der Waals surface area contributed by atoms with E-state index in [1.54, 1.807) is 0 Å². The minimum Gasteiger partial charge on any atom is -0.386 e. The molecule has 0 aliphatic carbocycles. The molecule has 0 heterocycles. The van der Waals surface area contributed by atoms with E-state index in [4.69, 9.17) is 4.74 Å². The number of nitrogens with zero attached hydrogens (tertiary/aromatic N) is 1. The zero-order valence-electron chi connectivity index (χ0n) is 9.60.